The molecule has 0 aromatic carbocycles. The standard InChI is InChI=1S/C39H66N8O10/c1-4-19-41-37(55)33(24(2)48)45-36(54)31-17-12-21-47(31)39(57)29(23-32(50)51)44-35(53)30-16-9-11-20-46(30)38(56)27(15-8-10-18-40)43-34(52)28(42-25(3)49)22-26-13-6-5-7-14-26/h24,26-31,33,48H,4-23,40H2,1-3H3,(H,41,55)(H,42,49)(H,43,52)(H,44,53)(H,45,54)(H,50,51)/t24-,27+,28+,29+,30+,31+,33+/m1/s1. The van der Waals surface area contributed by atoms with E-state index < -0.39 is 90.2 Å². The number of rotatable bonds is 21. The number of likely N-dealkylation sites (tertiary alicyclic amines) is 2. The van der Waals surface area contributed by atoms with E-state index in [1.807, 2.05) is 6.92 Å². The summed E-state index contributed by atoms with van der Waals surface area (Å²) in [4.78, 5) is 109. The van der Waals surface area contributed by atoms with Gasteiger partial charge < -0.3 is 52.3 Å². The molecule has 2 saturated heterocycles. The summed E-state index contributed by atoms with van der Waals surface area (Å²) in [6.45, 7) is 5.50. The topological polar surface area (TPSA) is 270 Å². The molecule has 57 heavy (non-hydrogen) atoms. The number of carbonyl (C=O) groups excluding carboxylic acids is 7. The number of aliphatic hydroxyl groups is 1. The van der Waals surface area contributed by atoms with Crippen molar-refractivity contribution in [3.8, 4) is 0 Å². The summed E-state index contributed by atoms with van der Waals surface area (Å²) in [6, 6.07) is -6.91. The van der Waals surface area contributed by atoms with Gasteiger partial charge in [0, 0.05) is 26.6 Å². The lowest BCUT2D eigenvalue weighted by atomic mass is 9.84. The Morgan fingerprint density at radius 3 is 1.91 bits per heavy atom. The first-order valence-corrected chi connectivity index (χ1v) is 20.8. The average Bonchev–Trinajstić information content (AvgIpc) is 3.68. The minimum Gasteiger partial charge on any atom is -0.481 e. The first-order valence-electron chi connectivity index (χ1n) is 20.8. The van der Waals surface area contributed by atoms with E-state index in [2.05, 4.69) is 26.6 Å². The molecule has 18 nitrogen and oxygen atoms in total. The number of aliphatic carboxylic acids is 1. The van der Waals surface area contributed by atoms with Crippen LogP contribution in [0.3, 0.4) is 0 Å². The van der Waals surface area contributed by atoms with Gasteiger partial charge in [-0.2, -0.15) is 0 Å². The number of hydrogen-bond acceptors (Lipinski definition) is 10. The van der Waals surface area contributed by atoms with Gasteiger partial charge in [-0.25, -0.2) is 0 Å². The van der Waals surface area contributed by atoms with Crippen LogP contribution in [0, 0.1) is 5.92 Å². The lowest BCUT2D eigenvalue weighted by molar-refractivity contribution is -0.149. The maximum atomic E-state index is 14.3. The molecule has 1 saturated carbocycles. The fourth-order valence-electron chi connectivity index (χ4n) is 8.08. The Labute approximate surface area is 335 Å². The molecular weight excluding hydrogens is 740 g/mol. The third-order valence-electron chi connectivity index (χ3n) is 11.1. The Bertz CT molecular complexity index is 1410. The van der Waals surface area contributed by atoms with E-state index in [-0.39, 0.29) is 44.2 Å². The fraction of sp³-hybridized carbons (Fsp3) is 0.795. The third-order valence-corrected chi connectivity index (χ3v) is 11.1. The van der Waals surface area contributed by atoms with Crippen molar-refractivity contribution in [1.82, 2.24) is 36.4 Å². The van der Waals surface area contributed by atoms with Gasteiger partial charge in [-0.15, -0.1) is 0 Å². The van der Waals surface area contributed by atoms with Crippen molar-refractivity contribution in [2.75, 3.05) is 26.2 Å². The summed E-state index contributed by atoms with van der Waals surface area (Å²) in [7, 11) is 0. The van der Waals surface area contributed by atoms with E-state index >= 15 is 0 Å². The van der Waals surface area contributed by atoms with Crippen LogP contribution in [0.2, 0.25) is 0 Å². The number of amides is 7. The number of carbonyl (C=O) groups is 8. The second-order valence-corrected chi connectivity index (χ2v) is 15.7. The summed E-state index contributed by atoms with van der Waals surface area (Å²) in [6.07, 6.45) is 7.45. The predicted molar refractivity (Wildman–Crippen MR) is 209 cm³/mol. The van der Waals surface area contributed by atoms with Crippen LogP contribution < -0.4 is 32.3 Å². The minimum absolute atomic E-state index is 0.0860. The highest BCUT2D eigenvalue weighted by Gasteiger charge is 2.42. The Morgan fingerprint density at radius 2 is 1.32 bits per heavy atom. The van der Waals surface area contributed by atoms with Crippen LogP contribution in [0.25, 0.3) is 0 Å². The number of unbranched alkanes of at least 4 members (excludes halogenated alkanes) is 1. The molecule has 3 aliphatic rings. The smallest absolute Gasteiger partial charge is 0.305 e. The lowest BCUT2D eigenvalue weighted by Crippen LogP contribution is -2.61. The first-order chi connectivity index (χ1) is 27.2. The van der Waals surface area contributed by atoms with E-state index in [0.29, 0.717) is 58.0 Å². The SMILES string of the molecule is CCCNC(=O)[C@@H](NC(=O)[C@@H]1CCCN1C(=O)[C@H](CC(=O)O)NC(=O)[C@@H]1CCCCN1C(=O)[C@H](CCCCN)NC(=O)[C@H](CC1CCCCC1)NC(C)=O)[C@@H](C)O. The van der Waals surface area contributed by atoms with Crippen molar-refractivity contribution < 1.29 is 48.6 Å². The van der Waals surface area contributed by atoms with Crippen molar-refractivity contribution in [2.45, 2.75) is 166 Å². The van der Waals surface area contributed by atoms with Gasteiger partial charge in [-0.3, -0.25) is 38.4 Å². The molecule has 0 aromatic heterocycles. The van der Waals surface area contributed by atoms with Gasteiger partial charge in [0.05, 0.1) is 12.5 Å². The zero-order valence-corrected chi connectivity index (χ0v) is 33.9. The molecule has 7 amide bonds. The maximum absolute atomic E-state index is 14.3. The van der Waals surface area contributed by atoms with Crippen LogP contribution in [0.1, 0.15) is 124 Å². The minimum atomic E-state index is -1.58. The van der Waals surface area contributed by atoms with Gasteiger partial charge >= 0.3 is 5.97 Å². The largest absolute Gasteiger partial charge is 0.481 e. The predicted octanol–water partition coefficient (Wildman–Crippen LogP) is -0.201. The van der Waals surface area contributed by atoms with Crippen molar-refractivity contribution in [3.05, 3.63) is 0 Å². The molecule has 2 heterocycles. The molecule has 9 N–H and O–H groups in total. The summed E-state index contributed by atoms with van der Waals surface area (Å²) in [5.74, 6) is -5.33. The lowest BCUT2D eigenvalue weighted by Gasteiger charge is -2.38. The van der Waals surface area contributed by atoms with Crippen LogP contribution in [0.4, 0.5) is 0 Å². The average molecular weight is 807 g/mol. The van der Waals surface area contributed by atoms with E-state index in [0.717, 1.165) is 32.1 Å². The highest BCUT2D eigenvalue weighted by atomic mass is 16.4. The van der Waals surface area contributed by atoms with Crippen molar-refractivity contribution >= 4 is 47.3 Å². The summed E-state index contributed by atoms with van der Waals surface area (Å²) < 4.78 is 0. The normalized spacial score (nSPS) is 21.3. The zero-order valence-electron chi connectivity index (χ0n) is 33.9. The van der Waals surface area contributed by atoms with Gasteiger partial charge in [0.15, 0.2) is 0 Å². The molecule has 0 spiro atoms. The van der Waals surface area contributed by atoms with E-state index in [9.17, 15) is 48.6 Å². The van der Waals surface area contributed by atoms with Crippen LogP contribution in [-0.4, -0.2) is 136 Å². The number of carboxylic acids is 1. The highest BCUT2D eigenvalue weighted by molar-refractivity contribution is 5.98. The van der Waals surface area contributed by atoms with Gasteiger partial charge in [0.25, 0.3) is 0 Å². The number of nitrogens with two attached hydrogens (primary N) is 1. The van der Waals surface area contributed by atoms with Crippen LogP contribution in [0.5, 0.6) is 0 Å². The molecule has 0 unspecified atom stereocenters. The molecule has 1 aliphatic carbocycles. The molecule has 0 radical (unpaired) electrons. The maximum Gasteiger partial charge on any atom is 0.305 e. The van der Waals surface area contributed by atoms with Gasteiger partial charge in [0.1, 0.15) is 36.3 Å². The number of carboxylic acid groups (broad SMARTS) is 1. The van der Waals surface area contributed by atoms with Crippen molar-refractivity contribution in [2.24, 2.45) is 11.7 Å². The Morgan fingerprint density at radius 1 is 0.719 bits per heavy atom. The molecule has 2 aliphatic heterocycles. The molecule has 18 heteroatoms. The number of nitrogens with one attached hydrogen (secondary N) is 5. The summed E-state index contributed by atoms with van der Waals surface area (Å²) >= 11 is 0. The quantitative estimate of drug-likeness (QED) is 0.0704. The van der Waals surface area contributed by atoms with Crippen LogP contribution in [0.15, 0.2) is 0 Å². The molecular formula is C39H66N8O10. The van der Waals surface area contributed by atoms with E-state index in [1.54, 1.807) is 0 Å². The highest BCUT2D eigenvalue weighted by Crippen LogP contribution is 2.28. The molecule has 3 rings (SSSR count). The molecule has 7 atom stereocenters. The Hall–Kier alpha value is -4.32. The Balaban J connectivity index is 1.79. The van der Waals surface area contributed by atoms with Crippen LogP contribution in [-0.2, 0) is 38.4 Å². The van der Waals surface area contributed by atoms with Crippen molar-refractivity contribution in [3.63, 3.8) is 0 Å². The molecule has 0 aromatic rings. The van der Waals surface area contributed by atoms with Gasteiger partial charge in [-0.1, -0.05) is 39.0 Å². The van der Waals surface area contributed by atoms with Gasteiger partial charge in [0.2, 0.25) is 41.4 Å². The summed E-state index contributed by atoms with van der Waals surface area (Å²) in [5.41, 5.74) is 5.74. The van der Waals surface area contributed by atoms with Crippen LogP contribution >= 0.6 is 0 Å². The number of nitrogens with zero attached hydrogens (tertiary/aromatic N) is 2. The van der Waals surface area contributed by atoms with Gasteiger partial charge in [-0.05, 0) is 83.6 Å². The second-order valence-electron chi connectivity index (χ2n) is 15.7. The molecule has 322 valence electrons. The summed E-state index contributed by atoms with van der Waals surface area (Å²) in [5, 5.41) is 33.3. The zero-order chi connectivity index (χ0) is 42.1. The van der Waals surface area contributed by atoms with Crippen molar-refractivity contribution in [1.29, 1.82) is 0 Å². The Kier molecular flexibility index (Phi) is 19.6. The number of piperidine rings is 1. The monoisotopic (exact) mass is 806 g/mol. The first kappa shape index (κ1) is 47.1. The fourth-order valence-corrected chi connectivity index (χ4v) is 8.08. The third kappa shape index (κ3) is 14.5. The second kappa shape index (κ2) is 23.8. The number of aliphatic hydroxyl groups excluding tert-OH is 1. The van der Waals surface area contributed by atoms with E-state index in [1.165, 1.54) is 23.6 Å². The molecule has 3 fully saturated rings. The molecule has 0 bridgehead atoms. The number of hydrogen-bond donors (Lipinski definition) is 8. The van der Waals surface area contributed by atoms with E-state index in [4.69, 9.17) is 5.73 Å².